The number of benzene rings is 1. The number of aliphatic hydroxyl groups excluding tert-OH is 2. The number of nitrogens with zero attached hydrogens (tertiary/aromatic N) is 1. The number of carbonyl (C=O) groups is 3. The predicted molar refractivity (Wildman–Crippen MR) is 173 cm³/mol. The van der Waals surface area contributed by atoms with E-state index in [1.165, 1.54) is 31.1 Å². The molecule has 0 aliphatic rings. The van der Waals surface area contributed by atoms with E-state index in [1.54, 1.807) is 12.1 Å². The van der Waals surface area contributed by atoms with E-state index >= 15 is 0 Å². The molecule has 0 fully saturated rings. The van der Waals surface area contributed by atoms with Crippen LogP contribution in [0.1, 0.15) is 81.6 Å². The first-order valence-electron chi connectivity index (χ1n) is 15.6. The molecule has 1 heterocycles. The van der Waals surface area contributed by atoms with Gasteiger partial charge in [-0.1, -0.05) is 39.5 Å². The molecule has 5 N–H and O–H groups in total. The summed E-state index contributed by atoms with van der Waals surface area (Å²) in [4.78, 5) is 42.8. The molecule has 0 bridgehead atoms. The lowest BCUT2D eigenvalue weighted by molar-refractivity contribution is -0.127. The van der Waals surface area contributed by atoms with Gasteiger partial charge in [0.25, 0.3) is 5.91 Å². The highest BCUT2D eigenvalue weighted by Crippen LogP contribution is 2.22. The number of hydrogen-bond donors (Lipinski definition) is 5. The molecule has 3 amide bonds. The highest BCUT2D eigenvalue weighted by atomic mass is 32.2. The van der Waals surface area contributed by atoms with Crippen LogP contribution in [0.2, 0.25) is 0 Å². The second-order valence-corrected chi connectivity index (χ2v) is 12.4. The van der Waals surface area contributed by atoms with E-state index in [4.69, 9.17) is 0 Å². The first-order chi connectivity index (χ1) is 21.5. The molecule has 1 aromatic carbocycles. The van der Waals surface area contributed by atoms with Crippen molar-refractivity contribution in [3.05, 3.63) is 65.5 Å². The topological polar surface area (TPSA) is 141 Å². The number of aliphatic hydroxyl groups is 2. The van der Waals surface area contributed by atoms with Crippen molar-refractivity contribution in [3.63, 3.8) is 0 Å². The van der Waals surface area contributed by atoms with Crippen LogP contribution in [0.5, 0.6) is 0 Å². The standard InChI is InChI=1S/C33H48F2N4O5S/c1-5-8-22(9-6-2)11-12-28(38-32(43)24-10-7-14-36-20-24)33(44)39-29(18-23-16-25(34)19-26(35)17-23)31(42)30(41)27(13-15-45-4)37-21(3)40/h7,10,14,16-17,19-20,22,27-31,41-42H,5-6,8-9,11-13,15,18H2,1-4H3,(H,37,40)(H,38,43)(H,39,44)/t27-,28-,29+,30-,31-/m1/s1. The Morgan fingerprint density at radius 2 is 1.53 bits per heavy atom. The Morgan fingerprint density at radius 1 is 0.889 bits per heavy atom. The maximum absolute atomic E-state index is 14.1. The number of rotatable bonds is 20. The van der Waals surface area contributed by atoms with E-state index in [0.717, 1.165) is 37.8 Å². The minimum atomic E-state index is -1.64. The van der Waals surface area contributed by atoms with Crippen LogP contribution in [0.15, 0.2) is 42.7 Å². The number of halogens is 2. The summed E-state index contributed by atoms with van der Waals surface area (Å²) in [5.41, 5.74) is 0.411. The van der Waals surface area contributed by atoms with Crippen molar-refractivity contribution in [2.45, 2.75) is 102 Å². The molecule has 1 aromatic heterocycles. The fourth-order valence-corrected chi connectivity index (χ4v) is 5.98. The zero-order valence-corrected chi connectivity index (χ0v) is 27.4. The Kier molecular flexibility index (Phi) is 17.0. The van der Waals surface area contributed by atoms with Crippen LogP contribution in [0.3, 0.4) is 0 Å². The summed E-state index contributed by atoms with van der Waals surface area (Å²) in [6.45, 7) is 5.48. The van der Waals surface area contributed by atoms with Gasteiger partial charge in [-0.25, -0.2) is 8.78 Å². The monoisotopic (exact) mass is 650 g/mol. The van der Waals surface area contributed by atoms with Crippen molar-refractivity contribution in [3.8, 4) is 0 Å². The Morgan fingerprint density at radius 3 is 2.09 bits per heavy atom. The lowest BCUT2D eigenvalue weighted by Gasteiger charge is -2.33. The Hall–Kier alpha value is -3.09. The largest absolute Gasteiger partial charge is 0.388 e. The molecule has 0 aliphatic carbocycles. The molecule has 45 heavy (non-hydrogen) atoms. The molecular weight excluding hydrogens is 602 g/mol. The summed E-state index contributed by atoms with van der Waals surface area (Å²) < 4.78 is 28.2. The highest BCUT2D eigenvalue weighted by Gasteiger charge is 2.35. The van der Waals surface area contributed by atoms with E-state index in [2.05, 4.69) is 34.8 Å². The molecule has 2 rings (SSSR count). The summed E-state index contributed by atoms with van der Waals surface area (Å²) in [6.07, 6.45) is 6.59. The first-order valence-corrected chi connectivity index (χ1v) is 17.0. The lowest BCUT2D eigenvalue weighted by Crippen LogP contribution is -2.59. The fraction of sp³-hybridized carbons (Fsp3) is 0.576. The Balaban J connectivity index is 2.41. The molecule has 2 aromatic rings. The van der Waals surface area contributed by atoms with Crippen LogP contribution in [-0.2, 0) is 16.0 Å². The number of aromatic nitrogens is 1. The highest BCUT2D eigenvalue weighted by molar-refractivity contribution is 7.98. The van der Waals surface area contributed by atoms with Crippen LogP contribution < -0.4 is 16.0 Å². The zero-order valence-electron chi connectivity index (χ0n) is 26.6. The van der Waals surface area contributed by atoms with Crippen molar-refractivity contribution in [2.75, 3.05) is 12.0 Å². The van der Waals surface area contributed by atoms with E-state index in [-0.39, 0.29) is 17.5 Å². The number of nitrogens with one attached hydrogen (secondary N) is 3. The molecule has 5 atom stereocenters. The van der Waals surface area contributed by atoms with Gasteiger partial charge in [0.15, 0.2) is 0 Å². The van der Waals surface area contributed by atoms with Crippen LogP contribution in [0, 0.1) is 17.6 Å². The summed E-state index contributed by atoms with van der Waals surface area (Å²) in [7, 11) is 0. The molecule has 0 spiro atoms. The van der Waals surface area contributed by atoms with Crippen LogP contribution >= 0.6 is 11.8 Å². The van der Waals surface area contributed by atoms with Crippen molar-refractivity contribution in [1.82, 2.24) is 20.9 Å². The number of thioether (sulfide) groups is 1. The van der Waals surface area contributed by atoms with Crippen molar-refractivity contribution in [2.24, 2.45) is 5.92 Å². The van der Waals surface area contributed by atoms with Gasteiger partial charge in [0.05, 0.1) is 17.6 Å². The maximum atomic E-state index is 14.1. The van der Waals surface area contributed by atoms with Gasteiger partial charge in [0, 0.05) is 25.4 Å². The molecule has 9 nitrogen and oxygen atoms in total. The van der Waals surface area contributed by atoms with Gasteiger partial charge >= 0.3 is 0 Å². The van der Waals surface area contributed by atoms with Gasteiger partial charge in [-0.2, -0.15) is 11.8 Å². The third-order valence-corrected chi connectivity index (χ3v) is 8.35. The average Bonchev–Trinajstić information content (AvgIpc) is 2.99. The van der Waals surface area contributed by atoms with Crippen LogP contribution in [0.4, 0.5) is 8.78 Å². The van der Waals surface area contributed by atoms with Gasteiger partial charge in [-0.05, 0) is 73.4 Å². The number of carbonyl (C=O) groups excluding carboxylic acids is 3. The molecule has 0 saturated heterocycles. The van der Waals surface area contributed by atoms with Gasteiger partial charge in [-0.3, -0.25) is 19.4 Å². The van der Waals surface area contributed by atoms with E-state index < -0.39 is 59.7 Å². The molecule has 0 unspecified atom stereocenters. The molecule has 0 radical (unpaired) electrons. The summed E-state index contributed by atoms with van der Waals surface area (Å²) >= 11 is 1.49. The molecule has 0 aliphatic heterocycles. The van der Waals surface area contributed by atoms with E-state index in [0.29, 0.717) is 37.0 Å². The number of hydrogen-bond acceptors (Lipinski definition) is 7. The van der Waals surface area contributed by atoms with Gasteiger partial charge in [0.2, 0.25) is 11.8 Å². The van der Waals surface area contributed by atoms with Crippen molar-refractivity contribution < 1.29 is 33.4 Å². The molecular formula is C33H48F2N4O5S. The van der Waals surface area contributed by atoms with Gasteiger partial charge in [0.1, 0.15) is 29.9 Å². The summed E-state index contributed by atoms with van der Waals surface area (Å²) in [6, 6.07) is 2.99. The second-order valence-electron chi connectivity index (χ2n) is 11.5. The summed E-state index contributed by atoms with van der Waals surface area (Å²) in [5.74, 6) is -2.28. The molecule has 0 saturated carbocycles. The lowest BCUT2D eigenvalue weighted by atomic mass is 9.90. The minimum Gasteiger partial charge on any atom is -0.388 e. The van der Waals surface area contributed by atoms with Crippen molar-refractivity contribution >= 4 is 29.5 Å². The maximum Gasteiger partial charge on any atom is 0.253 e. The van der Waals surface area contributed by atoms with Crippen molar-refractivity contribution in [1.29, 1.82) is 0 Å². The van der Waals surface area contributed by atoms with Crippen LogP contribution in [0.25, 0.3) is 0 Å². The van der Waals surface area contributed by atoms with Gasteiger partial charge < -0.3 is 26.2 Å². The van der Waals surface area contributed by atoms with Crippen LogP contribution in [-0.4, -0.2) is 75.3 Å². The minimum absolute atomic E-state index is 0.145. The third kappa shape index (κ3) is 13.4. The smallest absolute Gasteiger partial charge is 0.253 e. The van der Waals surface area contributed by atoms with Gasteiger partial charge in [-0.15, -0.1) is 0 Å². The predicted octanol–water partition coefficient (Wildman–Crippen LogP) is 4.16. The Labute approximate surface area is 269 Å². The number of amides is 3. The normalized spacial score (nSPS) is 14.7. The Bertz CT molecular complexity index is 1180. The second kappa shape index (κ2) is 20.1. The fourth-order valence-electron chi connectivity index (χ4n) is 5.49. The SMILES string of the molecule is CCCC(CCC)CC[C@@H](NC(=O)c1cccnc1)C(=O)N[C@@H](Cc1cc(F)cc(F)c1)[C@@H](O)[C@H](O)[C@@H](CCSC)NC(C)=O. The summed E-state index contributed by atoms with van der Waals surface area (Å²) in [5, 5.41) is 30.8. The third-order valence-electron chi connectivity index (χ3n) is 7.70. The zero-order chi connectivity index (χ0) is 33.4. The quantitative estimate of drug-likeness (QED) is 0.145. The average molecular weight is 651 g/mol. The molecule has 12 heteroatoms. The number of pyridine rings is 1. The first kappa shape index (κ1) is 38.1. The molecule has 250 valence electrons. The van der Waals surface area contributed by atoms with E-state index in [9.17, 15) is 33.4 Å². The van der Waals surface area contributed by atoms with E-state index in [1.807, 2.05) is 6.26 Å².